The Balaban J connectivity index is 2.28. The summed E-state index contributed by atoms with van der Waals surface area (Å²) in [4.78, 5) is 12.1. The van der Waals surface area contributed by atoms with E-state index in [0.29, 0.717) is 11.6 Å². The maximum absolute atomic E-state index is 12.1. The van der Waals surface area contributed by atoms with Crippen molar-refractivity contribution in [1.82, 2.24) is 0 Å². The monoisotopic (exact) mass is 383 g/mol. The first-order valence-corrected chi connectivity index (χ1v) is 8.99. The van der Waals surface area contributed by atoms with Gasteiger partial charge in [0.15, 0.2) is 0 Å². The first-order valence-electron chi connectivity index (χ1n) is 8.61. The molecule has 0 fully saturated rings. The third kappa shape index (κ3) is 5.87. The largest absolute Gasteiger partial charge is 0.489 e. The SMILES string of the molecule is Cc1cc(/C=C(\C#N)C(=O)OC(C)C)c(C)c(COc2ccc(Cl)cc2)c1. The number of hydrogen-bond donors (Lipinski definition) is 0. The van der Waals surface area contributed by atoms with Gasteiger partial charge in [-0.15, -0.1) is 0 Å². The lowest BCUT2D eigenvalue weighted by atomic mass is 9.98. The molecule has 4 nitrogen and oxygen atoms in total. The van der Waals surface area contributed by atoms with Crippen LogP contribution in [0.25, 0.3) is 6.08 Å². The molecule has 0 aliphatic heterocycles. The molecule has 2 aromatic carbocycles. The van der Waals surface area contributed by atoms with Crippen LogP contribution < -0.4 is 4.74 Å². The van der Waals surface area contributed by atoms with E-state index in [1.54, 1.807) is 32.1 Å². The second-order valence-electron chi connectivity index (χ2n) is 6.50. The molecule has 0 bridgehead atoms. The normalized spacial score (nSPS) is 11.2. The quantitative estimate of drug-likeness (QED) is 0.381. The highest BCUT2D eigenvalue weighted by Crippen LogP contribution is 2.23. The molecular formula is C22H22ClNO3. The molecule has 0 heterocycles. The van der Waals surface area contributed by atoms with Crippen LogP contribution in [0.4, 0.5) is 0 Å². The van der Waals surface area contributed by atoms with E-state index in [9.17, 15) is 10.1 Å². The second kappa shape index (κ2) is 9.25. The Morgan fingerprint density at radius 2 is 1.89 bits per heavy atom. The molecule has 0 atom stereocenters. The fraction of sp³-hybridized carbons (Fsp3) is 0.273. The molecule has 2 rings (SSSR count). The molecular weight excluding hydrogens is 362 g/mol. The fourth-order valence-electron chi connectivity index (χ4n) is 2.53. The van der Waals surface area contributed by atoms with Crippen molar-refractivity contribution in [2.45, 2.75) is 40.4 Å². The average Bonchev–Trinajstić information content (AvgIpc) is 2.61. The predicted molar refractivity (Wildman–Crippen MR) is 107 cm³/mol. The highest BCUT2D eigenvalue weighted by atomic mass is 35.5. The third-order valence-corrected chi connectivity index (χ3v) is 4.14. The molecule has 0 spiro atoms. The molecule has 2 aromatic rings. The van der Waals surface area contributed by atoms with Crippen LogP contribution in [0.5, 0.6) is 5.75 Å². The molecule has 0 aliphatic carbocycles. The summed E-state index contributed by atoms with van der Waals surface area (Å²) in [5, 5.41) is 9.97. The van der Waals surface area contributed by atoms with Gasteiger partial charge in [-0.3, -0.25) is 0 Å². The summed E-state index contributed by atoms with van der Waals surface area (Å²) in [6, 6.07) is 13.1. The van der Waals surface area contributed by atoms with E-state index in [1.165, 1.54) is 0 Å². The van der Waals surface area contributed by atoms with Crippen molar-refractivity contribution < 1.29 is 14.3 Å². The number of nitriles is 1. The smallest absolute Gasteiger partial charge is 0.349 e. The Morgan fingerprint density at radius 1 is 1.22 bits per heavy atom. The lowest BCUT2D eigenvalue weighted by Crippen LogP contribution is -2.13. The highest BCUT2D eigenvalue weighted by Gasteiger charge is 2.14. The number of aryl methyl sites for hydroxylation is 1. The fourth-order valence-corrected chi connectivity index (χ4v) is 2.65. The first kappa shape index (κ1) is 20.5. The van der Waals surface area contributed by atoms with Gasteiger partial charge < -0.3 is 9.47 Å². The van der Waals surface area contributed by atoms with Gasteiger partial charge in [-0.1, -0.05) is 29.3 Å². The van der Waals surface area contributed by atoms with Crippen LogP contribution in [0.2, 0.25) is 5.02 Å². The van der Waals surface area contributed by atoms with Crippen LogP contribution in [-0.2, 0) is 16.1 Å². The summed E-state index contributed by atoms with van der Waals surface area (Å²) >= 11 is 5.89. The first-order chi connectivity index (χ1) is 12.8. The standard InChI is InChI=1S/C22H22ClNO3/c1-14(2)27-22(25)18(12-24)11-17-9-15(3)10-19(16(17)4)13-26-21-7-5-20(23)6-8-21/h5-11,14H,13H2,1-4H3/b18-11+. The van der Waals surface area contributed by atoms with Gasteiger partial charge in [-0.05, 0) is 74.7 Å². The minimum Gasteiger partial charge on any atom is -0.489 e. The van der Waals surface area contributed by atoms with Gasteiger partial charge in [0.2, 0.25) is 0 Å². The van der Waals surface area contributed by atoms with E-state index in [1.807, 2.05) is 44.2 Å². The number of nitrogens with zero attached hydrogens (tertiary/aromatic N) is 1. The summed E-state index contributed by atoms with van der Waals surface area (Å²) in [6.07, 6.45) is 1.29. The minimum absolute atomic E-state index is 0.0260. The molecule has 0 aliphatic rings. The number of carbonyl (C=O) groups is 1. The van der Waals surface area contributed by atoms with Crippen molar-refractivity contribution in [3.8, 4) is 11.8 Å². The molecule has 0 saturated carbocycles. The van der Waals surface area contributed by atoms with Gasteiger partial charge in [0.05, 0.1) is 6.10 Å². The zero-order valence-electron chi connectivity index (χ0n) is 15.9. The molecule has 0 N–H and O–H groups in total. The molecule has 27 heavy (non-hydrogen) atoms. The summed E-state index contributed by atoms with van der Waals surface area (Å²) in [6.45, 7) is 7.76. The zero-order valence-corrected chi connectivity index (χ0v) is 16.6. The van der Waals surface area contributed by atoms with Gasteiger partial charge in [-0.25, -0.2) is 4.79 Å². The molecule has 0 unspecified atom stereocenters. The topological polar surface area (TPSA) is 59.3 Å². The zero-order chi connectivity index (χ0) is 20.0. The number of benzene rings is 2. The van der Waals surface area contributed by atoms with E-state index in [-0.39, 0.29) is 11.7 Å². The van der Waals surface area contributed by atoms with Crippen LogP contribution in [0.15, 0.2) is 42.0 Å². The van der Waals surface area contributed by atoms with Crippen molar-refractivity contribution in [1.29, 1.82) is 5.26 Å². The van der Waals surface area contributed by atoms with Crippen molar-refractivity contribution in [3.05, 3.63) is 69.2 Å². The molecule has 0 saturated heterocycles. The van der Waals surface area contributed by atoms with Gasteiger partial charge in [0.25, 0.3) is 0 Å². The number of carbonyl (C=O) groups excluding carboxylic acids is 1. The Morgan fingerprint density at radius 3 is 2.48 bits per heavy atom. The maximum Gasteiger partial charge on any atom is 0.349 e. The Kier molecular flexibility index (Phi) is 7.04. The number of hydrogen-bond acceptors (Lipinski definition) is 4. The molecule has 140 valence electrons. The van der Waals surface area contributed by atoms with Crippen LogP contribution in [0.1, 0.15) is 36.1 Å². The van der Waals surface area contributed by atoms with Gasteiger partial charge in [-0.2, -0.15) is 5.26 Å². The van der Waals surface area contributed by atoms with E-state index in [4.69, 9.17) is 21.1 Å². The van der Waals surface area contributed by atoms with Crippen molar-refractivity contribution in [3.63, 3.8) is 0 Å². The van der Waals surface area contributed by atoms with E-state index in [0.717, 1.165) is 28.0 Å². The molecule has 0 amide bonds. The Bertz CT molecular complexity index is 893. The van der Waals surface area contributed by atoms with Crippen LogP contribution in [0.3, 0.4) is 0 Å². The molecule has 0 aromatic heterocycles. The van der Waals surface area contributed by atoms with Crippen molar-refractivity contribution >= 4 is 23.6 Å². The van der Waals surface area contributed by atoms with Gasteiger partial charge in [0.1, 0.15) is 24.0 Å². The minimum atomic E-state index is -0.618. The Hall–Kier alpha value is -2.77. The van der Waals surface area contributed by atoms with Crippen molar-refractivity contribution in [2.24, 2.45) is 0 Å². The van der Waals surface area contributed by atoms with Crippen LogP contribution in [0, 0.1) is 25.2 Å². The van der Waals surface area contributed by atoms with Crippen LogP contribution >= 0.6 is 11.6 Å². The number of esters is 1. The van der Waals surface area contributed by atoms with Crippen LogP contribution in [-0.4, -0.2) is 12.1 Å². The average molecular weight is 384 g/mol. The van der Waals surface area contributed by atoms with Gasteiger partial charge >= 0.3 is 5.97 Å². The number of halogens is 1. The summed E-state index contributed by atoms with van der Waals surface area (Å²) in [5.74, 6) is 0.1000. The summed E-state index contributed by atoms with van der Waals surface area (Å²) in [7, 11) is 0. The predicted octanol–water partition coefficient (Wildman–Crippen LogP) is 5.39. The number of rotatable bonds is 6. The maximum atomic E-state index is 12.1. The van der Waals surface area contributed by atoms with Crippen molar-refractivity contribution in [2.75, 3.05) is 0 Å². The number of ether oxygens (including phenoxy) is 2. The third-order valence-electron chi connectivity index (χ3n) is 3.89. The second-order valence-corrected chi connectivity index (χ2v) is 6.94. The summed E-state index contributed by atoms with van der Waals surface area (Å²) in [5.41, 5.74) is 3.70. The Labute approximate surface area is 165 Å². The van der Waals surface area contributed by atoms with Gasteiger partial charge in [0, 0.05) is 5.02 Å². The van der Waals surface area contributed by atoms with E-state index in [2.05, 4.69) is 0 Å². The highest BCUT2D eigenvalue weighted by molar-refractivity contribution is 6.30. The summed E-state index contributed by atoms with van der Waals surface area (Å²) < 4.78 is 11.0. The van der Waals surface area contributed by atoms with E-state index < -0.39 is 5.97 Å². The lowest BCUT2D eigenvalue weighted by Gasteiger charge is -2.13. The molecule has 0 radical (unpaired) electrons. The lowest BCUT2D eigenvalue weighted by molar-refractivity contribution is -0.142. The van der Waals surface area contributed by atoms with E-state index >= 15 is 0 Å². The molecule has 5 heteroatoms.